The molecule has 0 fully saturated rings. The molecule has 8 heteroatoms. The van der Waals surface area contributed by atoms with Gasteiger partial charge in [0.2, 0.25) is 0 Å². The lowest BCUT2D eigenvalue weighted by atomic mass is 10.0. The van der Waals surface area contributed by atoms with Crippen LogP contribution in [0.2, 0.25) is 0 Å². The Balaban J connectivity index is 2.19. The second-order valence-electron chi connectivity index (χ2n) is 5.00. The van der Waals surface area contributed by atoms with Gasteiger partial charge in [0.1, 0.15) is 22.1 Å². The first kappa shape index (κ1) is 11.0. The summed E-state index contributed by atoms with van der Waals surface area (Å²) in [6.45, 7) is 0. The Morgan fingerprint density at radius 2 is 1.09 bits per heavy atom. The summed E-state index contributed by atoms with van der Waals surface area (Å²) in [5.74, 6) is 0. The Labute approximate surface area is 128 Å². The van der Waals surface area contributed by atoms with Crippen LogP contribution in [0, 0.1) is 0 Å². The van der Waals surface area contributed by atoms with Gasteiger partial charge < -0.3 is 0 Å². The Kier molecular flexibility index (Phi) is 1.81. The molecule has 0 aliphatic carbocycles. The SMILES string of the molecule is c1cc2c3nonc3c3c4sccc4c4nonc4c3c2s1. The van der Waals surface area contributed by atoms with Crippen molar-refractivity contribution < 1.29 is 9.26 Å². The molecule has 2 aromatic carbocycles. The minimum absolute atomic E-state index is 0.762. The molecule has 0 bridgehead atoms. The van der Waals surface area contributed by atoms with E-state index < -0.39 is 0 Å². The Bertz CT molecular complexity index is 1140. The molecule has 4 aromatic heterocycles. The van der Waals surface area contributed by atoms with Crippen molar-refractivity contribution in [2.24, 2.45) is 0 Å². The molecule has 0 N–H and O–H groups in total. The van der Waals surface area contributed by atoms with Gasteiger partial charge in [0, 0.05) is 30.9 Å². The molecule has 6 aromatic rings. The summed E-state index contributed by atoms with van der Waals surface area (Å²) in [4.78, 5) is 0. The number of benzene rings is 2. The third-order valence-corrected chi connectivity index (χ3v) is 5.86. The minimum atomic E-state index is 0.762. The molecule has 0 amide bonds. The highest BCUT2D eigenvalue weighted by molar-refractivity contribution is 7.20. The van der Waals surface area contributed by atoms with Crippen molar-refractivity contribution in [2.75, 3.05) is 0 Å². The summed E-state index contributed by atoms with van der Waals surface area (Å²) in [6, 6.07) is 4.06. The van der Waals surface area contributed by atoms with Crippen molar-refractivity contribution in [3.05, 3.63) is 22.9 Å². The van der Waals surface area contributed by atoms with Crippen LogP contribution in [0.25, 0.3) is 53.0 Å². The predicted octanol–water partition coefficient (Wildman–Crippen LogP) is 4.34. The van der Waals surface area contributed by atoms with E-state index in [1.807, 2.05) is 22.9 Å². The summed E-state index contributed by atoms with van der Waals surface area (Å²) in [5, 5.41) is 24.6. The van der Waals surface area contributed by atoms with Crippen LogP contribution in [0.3, 0.4) is 0 Å². The van der Waals surface area contributed by atoms with E-state index in [0.29, 0.717) is 0 Å². The van der Waals surface area contributed by atoms with Gasteiger partial charge in [0.05, 0.1) is 0 Å². The molecular formula is C14H4N4O2S2. The van der Waals surface area contributed by atoms with Gasteiger partial charge >= 0.3 is 0 Å². The second kappa shape index (κ2) is 3.60. The molecule has 22 heavy (non-hydrogen) atoms. The average Bonchev–Trinajstić information content (AvgIpc) is 3.28. The number of fused-ring (bicyclic) bond motifs is 11. The fraction of sp³-hybridized carbons (Fsp3) is 0. The van der Waals surface area contributed by atoms with E-state index in [1.165, 1.54) is 0 Å². The minimum Gasteiger partial charge on any atom is -0.243 e. The first-order chi connectivity index (χ1) is 10.9. The number of rotatable bonds is 0. The summed E-state index contributed by atoms with van der Waals surface area (Å²) in [7, 11) is 0. The Morgan fingerprint density at radius 3 is 1.59 bits per heavy atom. The second-order valence-corrected chi connectivity index (χ2v) is 6.83. The van der Waals surface area contributed by atoms with E-state index >= 15 is 0 Å². The first-order valence-electron chi connectivity index (χ1n) is 6.50. The van der Waals surface area contributed by atoms with E-state index in [9.17, 15) is 0 Å². The third-order valence-electron chi connectivity index (χ3n) is 4.00. The molecule has 0 spiro atoms. The first-order valence-corrected chi connectivity index (χ1v) is 8.26. The molecule has 0 saturated heterocycles. The van der Waals surface area contributed by atoms with Crippen LogP contribution < -0.4 is 0 Å². The monoisotopic (exact) mass is 324 g/mol. The highest BCUT2D eigenvalue weighted by Crippen LogP contribution is 2.44. The maximum Gasteiger partial charge on any atom is 0.145 e. The zero-order chi connectivity index (χ0) is 14.3. The van der Waals surface area contributed by atoms with Gasteiger partial charge in [-0.15, -0.1) is 22.7 Å². The maximum atomic E-state index is 5.02. The van der Waals surface area contributed by atoms with Crippen LogP contribution in [0.5, 0.6) is 0 Å². The molecule has 0 saturated carbocycles. The van der Waals surface area contributed by atoms with Crippen LogP contribution in [-0.4, -0.2) is 20.6 Å². The zero-order valence-electron chi connectivity index (χ0n) is 10.7. The molecule has 0 radical (unpaired) electrons. The Hall–Kier alpha value is -2.58. The van der Waals surface area contributed by atoms with Gasteiger partial charge in [-0.2, -0.15) is 0 Å². The highest BCUT2D eigenvalue weighted by Gasteiger charge is 2.22. The van der Waals surface area contributed by atoms with Crippen LogP contribution in [0.15, 0.2) is 32.2 Å². The number of hydrogen-bond donors (Lipinski definition) is 0. The largest absolute Gasteiger partial charge is 0.243 e. The quantitative estimate of drug-likeness (QED) is 0.413. The zero-order valence-corrected chi connectivity index (χ0v) is 12.4. The number of aromatic nitrogens is 4. The summed E-state index contributed by atoms with van der Waals surface area (Å²) < 4.78 is 12.3. The number of thiophene rings is 2. The standard InChI is InChI=1S/C14H4N4O2S2/c1-3-21-13-5(1)9-11(17-19-15-9)8-7(13)12-10(16-20-18-12)6-2-4-22-14(6)8/h1-4H. The fourth-order valence-electron chi connectivity index (χ4n) is 3.12. The Morgan fingerprint density at radius 1 is 0.636 bits per heavy atom. The van der Waals surface area contributed by atoms with E-state index in [4.69, 9.17) is 9.26 Å². The smallest absolute Gasteiger partial charge is 0.145 e. The molecule has 0 atom stereocenters. The lowest BCUT2D eigenvalue weighted by molar-refractivity contribution is 0.316. The molecule has 0 unspecified atom stereocenters. The lowest BCUT2D eigenvalue weighted by Gasteiger charge is -2.02. The summed E-state index contributed by atoms with van der Waals surface area (Å²) in [6.07, 6.45) is 0. The van der Waals surface area contributed by atoms with Gasteiger partial charge in [0.15, 0.2) is 0 Å². The van der Waals surface area contributed by atoms with Gasteiger partial charge in [-0.25, -0.2) is 9.26 Å². The van der Waals surface area contributed by atoms with Gasteiger partial charge in [-0.05, 0) is 43.5 Å². The van der Waals surface area contributed by atoms with Crippen molar-refractivity contribution >= 4 is 75.7 Å². The topological polar surface area (TPSA) is 77.8 Å². The lowest BCUT2D eigenvalue weighted by Crippen LogP contribution is -1.82. The molecule has 0 aliphatic rings. The van der Waals surface area contributed by atoms with Crippen LogP contribution in [0.4, 0.5) is 0 Å². The van der Waals surface area contributed by atoms with Crippen LogP contribution in [0.1, 0.15) is 0 Å². The van der Waals surface area contributed by atoms with E-state index in [2.05, 4.69) is 20.6 Å². The maximum absolute atomic E-state index is 5.02. The van der Waals surface area contributed by atoms with Crippen molar-refractivity contribution in [1.29, 1.82) is 0 Å². The van der Waals surface area contributed by atoms with Crippen molar-refractivity contribution in [3.63, 3.8) is 0 Å². The molecule has 6 rings (SSSR count). The predicted molar refractivity (Wildman–Crippen MR) is 85.4 cm³/mol. The van der Waals surface area contributed by atoms with Crippen molar-refractivity contribution in [1.82, 2.24) is 20.6 Å². The summed E-state index contributed by atoms with van der Waals surface area (Å²) in [5.41, 5.74) is 3.10. The van der Waals surface area contributed by atoms with Gasteiger partial charge in [-0.3, -0.25) is 0 Å². The van der Waals surface area contributed by atoms with Gasteiger partial charge in [-0.1, -0.05) is 0 Å². The average molecular weight is 324 g/mol. The van der Waals surface area contributed by atoms with E-state index in [-0.39, 0.29) is 0 Å². The van der Waals surface area contributed by atoms with E-state index in [1.54, 1.807) is 22.7 Å². The highest BCUT2D eigenvalue weighted by atomic mass is 32.1. The van der Waals surface area contributed by atoms with Crippen molar-refractivity contribution in [2.45, 2.75) is 0 Å². The van der Waals surface area contributed by atoms with E-state index in [0.717, 1.165) is 53.0 Å². The normalized spacial score (nSPS) is 12.5. The number of nitrogens with zero attached hydrogens (tertiary/aromatic N) is 4. The van der Waals surface area contributed by atoms with Crippen molar-refractivity contribution in [3.8, 4) is 0 Å². The molecule has 104 valence electrons. The van der Waals surface area contributed by atoms with Gasteiger partial charge in [0.25, 0.3) is 0 Å². The van der Waals surface area contributed by atoms with Crippen LogP contribution >= 0.6 is 22.7 Å². The molecular weight excluding hydrogens is 320 g/mol. The molecule has 6 nitrogen and oxygen atoms in total. The summed E-state index contributed by atoms with van der Waals surface area (Å²) >= 11 is 3.30. The third kappa shape index (κ3) is 1.10. The number of hydrogen-bond acceptors (Lipinski definition) is 8. The molecule has 0 aliphatic heterocycles. The molecule has 4 heterocycles. The van der Waals surface area contributed by atoms with Crippen LogP contribution in [-0.2, 0) is 0 Å². The fourth-order valence-corrected chi connectivity index (χ4v) is 5.01.